The summed E-state index contributed by atoms with van der Waals surface area (Å²) in [5.74, 6) is 2.11. The quantitative estimate of drug-likeness (QED) is 0.837. The van der Waals surface area contributed by atoms with Crippen LogP contribution in [-0.4, -0.2) is 55.0 Å². The molecular formula is C17H27NO4S. The van der Waals surface area contributed by atoms with E-state index in [0.29, 0.717) is 6.42 Å². The second-order valence-corrected chi connectivity index (χ2v) is 11.0. The van der Waals surface area contributed by atoms with E-state index in [9.17, 15) is 18.3 Å². The lowest BCUT2D eigenvalue weighted by atomic mass is 9.49. The van der Waals surface area contributed by atoms with E-state index in [0.717, 1.165) is 17.8 Å². The van der Waals surface area contributed by atoms with Gasteiger partial charge in [0, 0.05) is 13.5 Å². The smallest absolute Gasteiger partial charge is 0.223 e. The van der Waals surface area contributed by atoms with Crippen molar-refractivity contribution >= 4 is 15.7 Å². The van der Waals surface area contributed by atoms with Crippen molar-refractivity contribution in [2.75, 3.05) is 18.6 Å². The molecule has 1 N–H and O–H groups in total. The molecule has 2 atom stereocenters. The Hall–Kier alpha value is -0.620. The van der Waals surface area contributed by atoms with Gasteiger partial charge in [-0.05, 0) is 61.7 Å². The molecule has 4 saturated carbocycles. The third-order valence-electron chi connectivity index (χ3n) is 6.88. The number of hydrogen-bond acceptors (Lipinski definition) is 4. The van der Waals surface area contributed by atoms with Crippen molar-refractivity contribution in [1.29, 1.82) is 0 Å². The van der Waals surface area contributed by atoms with E-state index < -0.39 is 22.0 Å². The van der Waals surface area contributed by atoms with Crippen LogP contribution in [0.5, 0.6) is 0 Å². The zero-order valence-electron chi connectivity index (χ0n) is 13.8. The first-order chi connectivity index (χ1) is 10.8. The Kier molecular flexibility index (Phi) is 3.58. The topological polar surface area (TPSA) is 74.7 Å². The van der Waals surface area contributed by atoms with Crippen molar-refractivity contribution < 1.29 is 18.3 Å². The Balaban J connectivity index is 1.46. The first-order valence-electron chi connectivity index (χ1n) is 8.89. The number of carbonyl (C=O) groups is 1. The van der Waals surface area contributed by atoms with Gasteiger partial charge in [-0.2, -0.15) is 0 Å². The normalized spacial score (nSPS) is 47.0. The molecule has 130 valence electrons. The van der Waals surface area contributed by atoms with Gasteiger partial charge < -0.3 is 10.0 Å². The van der Waals surface area contributed by atoms with E-state index in [1.165, 1.54) is 43.4 Å². The number of aliphatic hydroxyl groups is 1. The highest BCUT2D eigenvalue weighted by Crippen LogP contribution is 2.61. The number of amides is 1. The van der Waals surface area contributed by atoms with Crippen LogP contribution in [0.4, 0.5) is 0 Å². The number of aliphatic hydroxyl groups excluding tert-OH is 1. The van der Waals surface area contributed by atoms with Gasteiger partial charge in [0.1, 0.15) is 0 Å². The van der Waals surface area contributed by atoms with E-state index in [1.54, 1.807) is 7.05 Å². The molecule has 1 amide bonds. The van der Waals surface area contributed by atoms with Crippen molar-refractivity contribution in [3.8, 4) is 0 Å². The minimum absolute atomic E-state index is 0.0214. The number of rotatable bonds is 3. The Bertz CT molecular complexity index is 579. The van der Waals surface area contributed by atoms with Gasteiger partial charge in [-0.1, -0.05) is 0 Å². The summed E-state index contributed by atoms with van der Waals surface area (Å²) in [6, 6.07) is -0.568. The van der Waals surface area contributed by atoms with Gasteiger partial charge in [-0.3, -0.25) is 4.79 Å². The Labute approximate surface area is 138 Å². The number of carbonyl (C=O) groups excluding carboxylic acids is 1. The average Bonchev–Trinajstić information content (AvgIpc) is 2.68. The molecule has 5 nitrogen and oxygen atoms in total. The summed E-state index contributed by atoms with van der Waals surface area (Å²) < 4.78 is 23.4. The molecule has 0 unspecified atom stereocenters. The van der Waals surface area contributed by atoms with Crippen LogP contribution in [0.3, 0.4) is 0 Å². The largest absolute Gasteiger partial charge is 0.390 e. The molecular weight excluding hydrogens is 314 g/mol. The first-order valence-corrected chi connectivity index (χ1v) is 10.7. The lowest BCUT2D eigenvalue weighted by Gasteiger charge is -2.57. The highest BCUT2D eigenvalue weighted by Gasteiger charge is 2.52. The third kappa shape index (κ3) is 2.82. The summed E-state index contributed by atoms with van der Waals surface area (Å²) in [6.07, 6.45) is 7.16. The molecule has 5 aliphatic rings. The third-order valence-corrected chi connectivity index (χ3v) is 8.57. The van der Waals surface area contributed by atoms with E-state index in [1.807, 2.05) is 0 Å². The Morgan fingerprint density at radius 3 is 2.04 bits per heavy atom. The molecule has 4 bridgehead atoms. The van der Waals surface area contributed by atoms with Crippen LogP contribution >= 0.6 is 0 Å². The highest BCUT2D eigenvalue weighted by molar-refractivity contribution is 7.91. The second kappa shape index (κ2) is 5.19. The molecule has 1 aliphatic heterocycles. The molecule has 5 fully saturated rings. The van der Waals surface area contributed by atoms with Crippen LogP contribution < -0.4 is 0 Å². The Morgan fingerprint density at radius 1 is 1.09 bits per heavy atom. The highest BCUT2D eigenvalue weighted by atomic mass is 32.2. The van der Waals surface area contributed by atoms with Crippen LogP contribution in [0.25, 0.3) is 0 Å². The SMILES string of the molecule is CN(C(=O)CC12CC3CC(CC(C3)C1)C2)[C@@H]1CS(=O)(=O)C[C@H]1O. The first kappa shape index (κ1) is 15.9. The van der Waals surface area contributed by atoms with Gasteiger partial charge in [-0.15, -0.1) is 0 Å². The van der Waals surface area contributed by atoms with Gasteiger partial charge in [0.15, 0.2) is 9.84 Å². The second-order valence-electron chi connectivity index (χ2n) is 8.81. The van der Waals surface area contributed by atoms with Gasteiger partial charge in [0.25, 0.3) is 0 Å². The zero-order valence-corrected chi connectivity index (χ0v) is 14.6. The molecule has 0 radical (unpaired) electrons. The van der Waals surface area contributed by atoms with Crippen LogP contribution in [0.15, 0.2) is 0 Å². The number of hydrogen-bond donors (Lipinski definition) is 1. The minimum Gasteiger partial charge on any atom is -0.390 e. The summed E-state index contributed by atoms with van der Waals surface area (Å²) in [6.45, 7) is 0. The van der Waals surface area contributed by atoms with Crippen LogP contribution in [0.2, 0.25) is 0 Å². The van der Waals surface area contributed by atoms with Crippen molar-refractivity contribution in [3.63, 3.8) is 0 Å². The molecule has 0 spiro atoms. The standard InChI is InChI=1S/C17H27NO4S/c1-18(14-9-23(21,22)10-15(14)19)16(20)8-17-5-11-2-12(6-17)4-13(3-11)7-17/h11-15,19H,2-10H2,1H3/t11?,12?,13?,14-,15-,17?/m1/s1. The monoisotopic (exact) mass is 341 g/mol. The van der Waals surface area contributed by atoms with Crippen molar-refractivity contribution in [1.82, 2.24) is 4.90 Å². The van der Waals surface area contributed by atoms with Gasteiger partial charge in [-0.25, -0.2) is 8.42 Å². The summed E-state index contributed by atoms with van der Waals surface area (Å²) in [5, 5.41) is 10.0. The molecule has 0 aromatic rings. The minimum atomic E-state index is -3.22. The number of sulfone groups is 1. The fourth-order valence-corrected chi connectivity index (χ4v) is 8.16. The zero-order chi connectivity index (χ0) is 16.4. The van der Waals surface area contributed by atoms with Crippen LogP contribution in [0.1, 0.15) is 44.9 Å². The summed E-state index contributed by atoms with van der Waals surface area (Å²) in [4.78, 5) is 14.3. The van der Waals surface area contributed by atoms with E-state index in [4.69, 9.17) is 0 Å². The van der Waals surface area contributed by atoms with Crippen LogP contribution in [0, 0.1) is 23.2 Å². The lowest BCUT2D eigenvalue weighted by molar-refractivity contribution is -0.141. The summed E-state index contributed by atoms with van der Waals surface area (Å²) in [7, 11) is -1.56. The molecule has 1 saturated heterocycles. The fourth-order valence-electron chi connectivity index (χ4n) is 6.32. The molecule has 1 heterocycles. The Morgan fingerprint density at radius 2 is 1.61 bits per heavy atom. The van der Waals surface area contributed by atoms with Gasteiger partial charge in [0.05, 0.1) is 23.7 Å². The fraction of sp³-hybridized carbons (Fsp3) is 0.941. The predicted molar refractivity (Wildman–Crippen MR) is 86.4 cm³/mol. The van der Waals surface area contributed by atoms with Crippen LogP contribution in [-0.2, 0) is 14.6 Å². The molecule has 5 rings (SSSR count). The van der Waals surface area contributed by atoms with Gasteiger partial charge >= 0.3 is 0 Å². The molecule has 23 heavy (non-hydrogen) atoms. The maximum Gasteiger partial charge on any atom is 0.223 e. The number of likely N-dealkylation sites (N-methyl/N-ethyl adjacent to an activating group) is 1. The van der Waals surface area contributed by atoms with E-state index in [2.05, 4.69) is 0 Å². The molecule has 0 aromatic carbocycles. The summed E-state index contributed by atoms with van der Waals surface area (Å²) >= 11 is 0. The molecule has 0 aromatic heterocycles. The van der Waals surface area contributed by atoms with Crippen molar-refractivity contribution in [2.45, 2.75) is 57.1 Å². The van der Waals surface area contributed by atoms with E-state index in [-0.39, 0.29) is 22.8 Å². The summed E-state index contributed by atoms with van der Waals surface area (Å²) in [5.41, 5.74) is 0.155. The maximum absolute atomic E-state index is 12.8. The van der Waals surface area contributed by atoms with E-state index >= 15 is 0 Å². The number of nitrogens with zero attached hydrogens (tertiary/aromatic N) is 1. The maximum atomic E-state index is 12.8. The molecule has 6 heteroatoms. The van der Waals surface area contributed by atoms with Gasteiger partial charge in [0.2, 0.25) is 5.91 Å². The average molecular weight is 341 g/mol. The van der Waals surface area contributed by atoms with Crippen molar-refractivity contribution in [2.24, 2.45) is 23.2 Å². The lowest BCUT2D eigenvalue weighted by Crippen LogP contribution is -2.50. The predicted octanol–water partition coefficient (Wildman–Crippen LogP) is 1.21. The molecule has 4 aliphatic carbocycles. The van der Waals surface area contributed by atoms with Crippen molar-refractivity contribution in [3.05, 3.63) is 0 Å².